The first-order valence-corrected chi connectivity index (χ1v) is 6.37. The summed E-state index contributed by atoms with van der Waals surface area (Å²) in [4.78, 5) is 25.2. The highest BCUT2D eigenvalue weighted by Gasteiger charge is 2.29. The van der Waals surface area contributed by atoms with Gasteiger partial charge in [-0.1, -0.05) is 19.4 Å². The molecule has 1 atom stereocenters. The number of nitrogens with zero attached hydrogens (tertiary/aromatic N) is 1. The second-order valence-electron chi connectivity index (χ2n) is 4.99. The third-order valence-corrected chi connectivity index (χ3v) is 2.44. The molecule has 0 aromatic rings. The van der Waals surface area contributed by atoms with Crippen LogP contribution in [0, 0.1) is 5.92 Å². The molecule has 0 saturated carbocycles. The van der Waals surface area contributed by atoms with Crippen molar-refractivity contribution in [2.24, 2.45) is 5.92 Å². The first kappa shape index (κ1) is 16.7. The molecule has 0 N–H and O–H groups in total. The lowest BCUT2D eigenvalue weighted by atomic mass is 10.1. The third kappa shape index (κ3) is 5.84. The van der Waals surface area contributed by atoms with Crippen LogP contribution in [0.2, 0.25) is 0 Å². The number of rotatable bonds is 7. The molecule has 4 nitrogen and oxygen atoms in total. The summed E-state index contributed by atoms with van der Waals surface area (Å²) in [6.07, 6.45) is 0.450. The lowest BCUT2D eigenvalue weighted by Gasteiger charge is -2.30. The van der Waals surface area contributed by atoms with Crippen molar-refractivity contribution in [1.82, 2.24) is 4.90 Å². The van der Waals surface area contributed by atoms with Crippen molar-refractivity contribution in [1.29, 1.82) is 0 Å². The van der Waals surface area contributed by atoms with Gasteiger partial charge in [0.05, 0.1) is 6.61 Å². The molecule has 0 saturated heterocycles. The van der Waals surface area contributed by atoms with Crippen molar-refractivity contribution >= 4 is 11.9 Å². The molecule has 104 valence electrons. The van der Waals surface area contributed by atoms with Gasteiger partial charge < -0.3 is 9.64 Å². The fraction of sp³-hybridized carbons (Fsp3) is 0.714. The van der Waals surface area contributed by atoms with Gasteiger partial charge in [-0.05, 0) is 26.2 Å². The minimum absolute atomic E-state index is 0.108. The topological polar surface area (TPSA) is 46.6 Å². The molecule has 0 aliphatic carbocycles. The van der Waals surface area contributed by atoms with Gasteiger partial charge in [0.15, 0.2) is 0 Å². The molecule has 0 aromatic heterocycles. The Bertz CT molecular complexity index is 310. The number of hydrogen-bond acceptors (Lipinski definition) is 3. The molecule has 0 bridgehead atoms. The molecule has 0 rings (SSSR count). The van der Waals surface area contributed by atoms with Gasteiger partial charge in [-0.3, -0.25) is 4.79 Å². The normalized spacial score (nSPS) is 12.1. The van der Waals surface area contributed by atoms with Gasteiger partial charge in [-0.15, -0.1) is 6.58 Å². The number of hydrogen-bond donors (Lipinski definition) is 0. The van der Waals surface area contributed by atoms with Gasteiger partial charge in [-0.2, -0.15) is 0 Å². The largest absolute Gasteiger partial charge is 0.464 e. The Labute approximate surface area is 110 Å². The molecule has 1 unspecified atom stereocenters. The number of carbonyl (C=O) groups is 2. The average molecular weight is 255 g/mol. The van der Waals surface area contributed by atoms with Crippen LogP contribution in [0.25, 0.3) is 0 Å². The van der Waals surface area contributed by atoms with E-state index in [9.17, 15) is 9.59 Å². The van der Waals surface area contributed by atoms with Crippen molar-refractivity contribution in [2.45, 2.75) is 47.1 Å². The Balaban J connectivity index is 5.02. The zero-order valence-electron chi connectivity index (χ0n) is 12.2. The van der Waals surface area contributed by atoms with E-state index in [1.165, 1.54) is 6.92 Å². The van der Waals surface area contributed by atoms with Crippen LogP contribution in [0.5, 0.6) is 0 Å². The van der Waals surface area contributed by atoms with Gasteiger partial charge in [0.1, 0.15) is 6.04 Å². The van der Waals surface area contributed by atoms with E-state index >= 15 is 0 Å². The Morgan fingerprint density at radius 3 is 2.17 bits per heavy atom. The second-order valence-corrected chi connectivity index (χ2v) is 4.99. The summed E-state index contributed by atoms with van der Waals surface area (Å²) in [6, 6.07) is -0.553. The quantitative estimate of drug-likeness (QED) is 0.518. The van der Waals surface area contributed by atoms with Gasteiger partial charge >= 0.3 is 5.97 Å². The highest BCUT2D eigenvalue weighted by molar-refractivity contribution is 5.83. The van der Waals surface area contributed by atoms with E-state index in [1.54, 1.807) is 11.8 Å². The second kappa shape index (κ2) is 7.90. The van der Waals surface area contributed by atoms with E-state index in [2.05, 4.69) is 6.58 Å². The maximum atomic E-state index is 11.9. The molecule has 4 heteroatoms. The van der Waals surface area contributed by atoms with Crippen molar-refractivity contribution < 1.29 is 14.3 Å². The Kier molecular flexibility index (Phi) is 7.32. The van der Waals surface area contributed by atoms with Crippen molar-refractivity contribution in [3.05, 3.63) is 12.2 Å². The van der Waals surface area contributed by atoms with Crippen LogP contribution in [-0.4, -0.2) is 36.0 Å². The lowest BCUT2D eigenvalue weighted by Crippen LogP contribution is -2.46. The monoisotopic (exact) mass is 255 g/mol. The van der Waals surface area contributed by atoms with Crippen molar-refractivity contribution in [2.75, 3.05) is 13.2 Å². The summed E-state index contributed by atoms with van der Waals surface area (Å²) < 4.78 is 5.04. The first-order valence-electron chi connectivity index (χ1n) is 6.37. The Morgan fingerprint density at radius 2 is 1.83 bits per heavy atom. The van der Waals surface area contributed by atoms with Crippen LogP contribution in [-0.2, 0) is 14.3 Å². The fourth-order valence-corrected chi connectivity index (χ4v) is 1.76. The zero-order valence-corrected chi connectivity index (χ0v) is 12.2. The van der Waals surface area contributed by atoms with Crippen LogP contribution >= 0.6 is 0 Å². The summed E-state index contributed by atoms with van der Waals surface area (Å²) in [5, 5.41) is 0. The fourth-order valence-electron chi connectivity index (χ4n) is 1.76. The van der Waals surface area contributed by atoms with Gasteiger partial charge in [0.2, 0.25) is 5.91 Å². The predicted octanol–water partition coefficient (Wildman–Crippen LogP) is 2.39. The SMILES string of the molecule is C=C(C)CC(C(=O)OCC)N(CC(C)C)C(C)=O. The summed E-state index contributed by atoms with van der Waals surface area (Å²) in [5.41, 5.74) is 0.864. The van der Waals surface area contributed by atoms with E-state index in [0.717, 1.165) is 5.57 Å². The van der Waals surface area contributed by atoms with E-state index in [-0.39, 0.29) is 11.9 Å². The van der Waals surface area contributed by atoms with Crippen LogP contribution in [0.4, 0.5) is 0 Å². The molecule has 0 aromatic carbocycles. The van der Waals surface area contributed by atoms with Crippen LogP contribution in [0.3, 0.4) is 0 Å². The molecule has 0 radical (unpaired) electrons. The van der Waals surface area contributed by atoms with Crippen LogP contribution in [0.1, 0.15) is 41.0 Å². The molecule has 18 heavy (non-hydrogen) atoms. The summed E-state index contributed by atoms with van der Waals surface area (Å²) in [5.74, 6) is -0.157. The van der Waals surface area contributed by atoms with Crippen molar-refractivity contribution in [3.63, 3.8) is 0 Å². The van der Waals surface area contributed by atoms with E-state index in [1.807, 2.05) is 20.8 Å². The minimum Gasteiger partial charge on any atom is -0.464 e. The number of carbonyl (C=O) groups excluding carboxylic acids is 2. The summed E-state index contributed by atoms with van der Waals surface area (Å²) >= 11 is 0. The molecule has 1 amide bonds. The van der Waals surface area contributed by atoms with Crippen molar-refractivity contribution in [3.8, 4) is 0 Å². The van der Waals surface area contributed by atoms with Crippen LogP contribution < -0.4 is 0 Å². The van der Waals surface area contributed by atoms with Gasteiger partial charge in [0, 0.05) is 13.5 Å². The highest BCUT2D eigenvalue weighted by Crippen LogP contribution is 2.14. The number of ether oxygens (including phenoxy) is 1. The maximum absolute atomic E-state index is 11.9. The molecule has 0 aliphatic heterocycles. The number of esters is 1. The molecular weight excluding hydrogens is 230 g/mol. The molecule has 0 heterocycles. The summed E-state index contributed by atoms with van der Waals surface area (Å²) in [6.45, 7) is 13.8. The lowest BCUT2D eigenvalue weighted by molar-refractivity contribution is -0.154. The van der Waals surface area contributed by atoms with E-state index in [4.69, 9.17) is 4.74 Å². The maximum Gasteiger partial charge on any atom is 0.329 e. The Hall–Kier alpha value is -1.32. The minimum atomic E-state index is -0.553. The van der Waals surface area contributed by atoms with Gasteiger partial charge in [-0.25, -0.2) is 4.79 Å². The first-order chi connectivity index (χ1) is 8.29. The standard InChI is InChI=1S/C14H25NO3/c1-7-18-14(17)13(8-10(2)3)15(12(6)16)9-11(4)5/h11,13H,2,7-9H2,1,3-6H3. The molecule has 0 spiro atoms. The third-order valence-electron chi connectivity index (χ3n) is 2.44. The Morgan fingerprint density at radius 1 is 1.28 bits per heavy atom. The predicted molar refractivity (Wildman–Crippen MR) is 72.1 cm³/mol. The summed E-state index contributed by atoms with van der Waals surface area (Å²) in [7, 11) is 0. The smallest absolute Gasteiger partial charge is 0.329 e. The average Bonchev–Trinajstić information content (AvgIpc) is 2.22. The molecular formula is C14H25NO3. The van der Waals surface area contributed by atoms with E-state index < -0.39 is 6.04 Å². The zero-order chi connectivity index (χ0) is 14.3. The molecule has 0 aliphatic rings. The highest BCUT2D eigenvalue weighted by atomic mass is 16.5. The number of amides is 1. The van der Waals surface area contributed by atoms with Crippen LogP contribution in [0.15, 0.2) is 12.2 Å². The van der Waals surface area contributed by atoms with Gasteiger partial charge in [0.25, 0.3) is 0 Å². The van der Waals surface area contributed by atoms with E-state index in [0.29, 0.717) is 25.5 Å². The molecule has 0 fully saturated rings.